The number of nitrogens with two attached hydrogens (primary N) is 1. The molecule has 0 bridgehead atoms. The highest BCUT2D eigenvalue weighted by Gasteiger charge is 2.31. The van der Waals surface area contributed by atoms with E-state index in [4.69, 9.17) is 5.73 Å². The molecule has 2 aromatic heterocycles. The highest BCUT2D eigenvalue weighted by atomic mass is 16.2. The molecule has 1 aliphatic rings. The van der Waals surface area contributed by atoms with E-state index in [0.717, 1.165) is 5.56 Å². The molecule has 80 valence electrons. The molecule has 0 radical (unpaired) electrons. The van der Waals surface area contributed by atoms with Crippen LogP contribution in [-0.4, -0.2) is 25.8 Å². The van der Waals surface area contributed by atoms with Gasteiger partial charge in [-0.2, -0.15) is 0 Å². The summed E-state index contributed by atoms with van der Waals surface area (Å²) in [6, 6.07) is 0. The number of hydrogen-bond acceptors (Lipinski definition) is 5. The Morgan fingerprint density at radius 1 is 1.38 bits per heavy atom. The van der Waals surface area contributed by atoms with Crippen LogP contribution in [-0.2, 0) is 11.2 Å². The van der Waals surface area contributed by atoms with E-state index in [1.54, 1.807) is 6.20 Å². The summed E-state index contributed by atoms with van der Waals surface area (Å²) >= 11 is 0. The van der Waals surface area contributed by atoms with Crippen LogP contribution in [0.2, 0.25) is 0 Å². The van der Waals surface area contributed by atoms with Crippen molar-refractivity contribution in [2.45, 2.75) is 6.42 Å². The third-order valence-corrected chi connectivity index (χ3v) is 2.39. The van der Waals surface area contributed by atoms with Crippen molar-refractivity contribution in [3.63, 3.8) is 0 Å². The Hall–Kier alpha value is -2.44. The first-order valence-corrected chi connectivity index (χ1v) is 4.68. The Kier molecular flexibility index (Phi) is 1.67. The lowest BCUT2D eigenvalue weighted by atomic mass is 10.3. The molecule has 3 N–H and O–H groups in total. The van der Waals surface area contributed by atoms with E-state index >= 15 is 0 Å². The quantitative estimate of drug-likeness (QED) is 0.698. The summed E-state index contributed by atoms with van der Waals surface area (Å²) in [6.45, 7) is 0. The first kappa shape index (κ1) is 8.84. The van der Waals surface area contributed by atoms with E-state index in [2.05, 4.69) is 19.9 Å². The van der Waals surface area contributed by atoms with E-state index in [1.165, 1.54) is 17.4 Å². The second kappa shape index (κ2) is 3.02. The lowest BCUT2D eigenvalue weighted by Gasteiger charge is -2.12. The molecule has 1 amide bonds. The van der Waals surface area contributed by atoms with Gasteiger partial charge in [0.05, 0.1) is 12.6 Å². The maximum atomic E-state index is 11.8. The van der Waals surface area contributed by atoms with Crippen LogP contribution in [0, 0.1) is 0 Å². The van der Waals surface area contributed by atoms with Crippen molar-refractivity contribution in [1.29, 1.82) is 0 Å². The van der Waals surface area contributed by atoms with E-state index in [1.807, 2.05) is 0 Å². The zero-order chi connectivity index (χ0) is 11.1. The standard InChI is InChI=1S/C9H8N6O/c10-9-12-3-6(14-9)15-7(16)1-5-2-11-4-13-8(5)15/h2-4H,1H2,(H3,10,12,14). The van der Waals surface area contributed by atoms with Crippen molar-refractivity contribution in [1.82, 2.24) is 19.9 Å². The van der Waals surface area contributed by atoms with E-state index in [9.17, 15) is 4.79 Å². The number of aromatic amines is 1. The number of imidazole rings is 1. The Morgan fingerprint density at radius 3 is 3.00 bits per heavy atom. The number of amides is 1. The van der Waals surface area contributed by atoms with Gasteiger partial charge in [0.1, 0.15) is 18.0 Å². The maximum Gasteiger partial charge on any atom is 0.238 e. The number of fused-ring (bicyclic) bond motifs is 1. The molecule has 7 heteroatoms. The minimum atomic E-state index is -0.0702. The Labute approximate surface area is 90.3 Å². The Bertz CT molecular complexity index is 563. The largest absolute Gasteiger partial charge is 0.369 e. The zero-order valence-corrected chi connectivity index (χ0v) is 8.21. The highest BCUT2D eigenvalue weighted by molar-refractivity contribution is 6.05. The summed E-state index contributed by atoms with van der Waals surface area (Å²) in [5, 5.41) is 0. The van der Waals surface area contributed by atoms with Gasteiger partial charge in [-0.1, -0.05) is 0 Å². The van der Waals surface area contributed by atoms with Crippen molar-refractivity contribution < 1.29 is 4.79 Å². The molecule has 0 spiro atoms. The number of rotatable bonds is 1. The van der Waals surface area contributed by atoms with Crippen LogP contribution in [0.15, 0.2) is 18.7 Å². The van der Waals surface area contributed by atoms with Gasteiger partial charge >= 0.3 is 0 Å². The van der Waals surface area contributed by atoms with Crippen LogP contribution >= 0.6 is 0 Å². The molecule has 0 atom stereocenters. The van der Waals surface area contributed by atoms with Crippen LogP contribution in [0.3, 0.4) is 0 Å². The van der Waals surface area contributed by atoms with Gasteiger partial charge in [-0.15, -0.1) is 0 Å². The number of hydrogen-bond donors (Lipinski definition) is 2. The number of nitrogens with zero attached hydrogens (tertiary/aromatic N) is 4. The summed E-state index contributed by atoms with van der Waals surface area (Å²) in [4.78, 5) is 27.9. The van der Waals surface area contributed by atoms with E-state index in [0.29, 0.717) is 18.1 Å². The first-order valence-electron chi connectivity index (χ1n) is 4.68. The third kappa shape index (κ3) is 1.14. The van der Waals surface area contributed by atoms with Gasteiger partial charge < -0.3 is 10.7 Å². The number of nitrogens with one attached hydrogen (secondary N) is 1. The van der Waals surface area contributed by atoms with Crippen molar-refractivity contribution in [3.05, 3.63) is 24.3 Å². The molecule has 3 heterocycles. The molecular formula is C9H8N6O. The predicted octanol–water partition coefficient (Wildman–Crippen LogP) is 0.00270. The van der Waals surface area contributed by atoms with E-state index in [-0.39, 0.29) is 11.9 Å². The van der Waals surface area contributed by atoms with Crippen LogP contribution in [0.1, 0.15) is 5.56 Å². The lowest BCUT2D eigenvalue weighted by Crippen LogP contribution is -2.21. The summed E-state index contributed by atoms with van der Waals surface area (Å²) in [7, 11) is 0. The number of aromatic nitrogens is 4. The molecule has 0 unspecified atom stereocenters. The smallest absolute Gasteiger partial charge is 0.238 e. The number of carbonyl (C=O) groups is 1. The fourth-order valence-electron chi connectivity index (χ4n) is 1.73. The molecule has 0 saturated carbocycles. The Balaban J connectivity index is 2.12. The highest BCUT2D eigenvalue weighted by Crippen LogP contribution is 2.31. The SMILES string of the molecule is Nc1ncc(N2C(=O)Cc3cncnc32)[nH]1. The molecule has 0 saturated heterocycles. The molecular weight excluding hydrogens is 208 g/mol. The second-order valence-corrected chi connectivity index (χ2v) is 3.43. The van der Waals surface area contributed by atoms with Gasteiger partial charge in [-0.05, 0) is 0 Å². The van der Waals surface area contributed by atoms with Gasteiger partial charge in [0.15, 0.2) is 5.95 Å². The molecule has 3 rings (SSSR count). The monoisotopic (exact) mass is 216 g/mol. The van der Waals surface area contributed by atoms with Crippen LogP contribution in [0.5, 0.6) is 0 Å². The maximum absolute atomic E-state index is 11.8. The lowest BCUT2D eigenvalue weighted by molar-refractivity contribution is -0.116. The topological polar surface area (TPSA) is 101 Å². The molecule has 7 nitrogen and oxygen atoms in total. The van der Waals surface area contributed by atoms with Crippen molar-refractivity contribution in [2.75, 3.05) is 10.6 Å². The minimum absolute atomic E-state index is 0.0702. The molecule has 16 heavy (non-hydrogen) atoms. The first-order chi connectivity index (χ1) is 7.75. The average molecular weight is 216 g/mol. The van der Waals surface area contributed by atoms with Gasteiger partial charge in [0.2, 0.25) is 5.91 Å². The molecule has 0 aromatic carbocycles. The summed E-state index contributed by atoms with van der Waals surface area (Å²) in [5.74, 6) is 1.31. The summed E-state index contributed by atoms with van der Waals surface area (Å²) in [5.41, 5.74) is 6.28. The summed E-state index contributed by atoms with van der Waals surface area (Å²) < 4.78 is 0. The van der Waals surface area contributed by atoms with Crippen molar-refractivity contribution in [3.8, 4) is 0 Å². The van der Waals surface area contributed by atoms with Crippen molar-refractivity contribution in [2.24, 2.45) is 0 Å². The van der Waals surface area contributed by atoms with Gasteiger partial charge in [-0.3, -0.25) is 4.79 Å². The third-order valence-electron chi connectivity index (χ3n) is 2.39. The summed E-state index contributed by atoms with van der Waals surface area (Å²) in [6.07, 6.45) is 4.85. The molecule has 1 aliphatic heterocycles. The van der Waals surface area contributed by atoms with Crippen LogP contribution < -0.4 is 10.6 Å². The zero-order valence-electron chi connectivity index (χ0n) is 8.21. The second-order valence-electron chi connectivity index (χ2n) is 3.43. The molecule has 0 aliphatic carbocycles. The van der Waals surface area contributed by atoms with Crippen LogP contribution in [0.4, 0.5) is 17.6 Å². The molecule has 2 aromatic rings. The Morgan fingerprint density at radius 2 is 2.25 bits per heavy atom. The number of nitrogen functional groups attached to an aromatic ring is 1. The van der Waals surface area contributed by atoms with Gasteiger partial charge in [0.25, 0.3) is 0 Å². The minimum Gasteiger partial charge on any atom is -0.369 e. The average Bonchev–Trinajstić information content (AvgIpc) is 2.80. The van der Waals surface area contributed by atoms with Crippen LogP contribution in [0.25, 0.3) is 0 Å². The molecule has 0 fully saturated rings. The fraction of sp³-hybridized carbons (Fsp3) is 0.111. The number of anilines is 3. The van der Waals surface area contributed by atoms with E-state index < -0.39 is 0 Å². The van der Waals surface area contributed by atoms with Gasteiger partial charge in [-0.25, -0.2) is 19.9 Å². The number of H-pyrrole nitrogens is 1. The number of carbonyl (C=O) groups excluding carboxylic acids is 1. The van der Waals surface area contributed by atoms with Crippen molar-refractivity contribution >= 4 is 23.5 Å². The normalized spacial score (nSPS) is 14.2. The predicted molar refractivity (Wildman–Crippen MR) is 55.9 cm³/mol. The fourth-order valence-corrected chi connectivity index (χ4v) is 1.73. The van der Waals surface area contributed by atoms with Gasteiger partial charge in [0, 0.05) is 11.8 Å².